The Bertz CT molecular complexity index is 1080. The number of hydrogen-bond acceptors (Lipinski definition) is 6. The molecule has 0 radical (unpaired) electrons. The molecule has 0 heterocycles. The van der Waals surface area contributed by atoms with E-state index in [-0.39, 0.29) is 16.6 Å². The number of nitrogens with one attached hydrogen (secondary N) is 1. The second-order valence-corrected chi connectivity index (χ2v) is 9.07. The number of hydrogen-bond donors (Lipinski definition) is 1. The molecule has 0 aliphatic carbocycles. The number of ether oxygens (including phenoxy) is 1. The van der Waals surface area contributed by atoms with E-state index in [1.807, 2.05) is 0 Å². The predicted molar refractivity (Wildman–Crippen MR) is 108 cm³/mol. The molecule has 170 valence electrons. The van der Waals surface area contributed by atoms with Crippen LogP contribution in [-0.4, -0.2) is 45.2 Å². The van der Waals surface area contributed by atoms with Crippen molar-refractivity contribution in [1.82, 2.24) is 9.62 Å². The van der Waals surface area contributed by atoms with Crippen LogP contribution >= 0.6 is 23.2 Å². The fourth-order valence-electron chi connectivity index (χ4n) is 2.58. The molecule has 2 rings (SSSR count). The molecular formula is C17H16Cl2F3N3O5S. The standard InChI is InChI=1S/C17H16Cl2F3N3O5S/c1-24(2)9-14(10-3-5-12(18)13(19)7-10)23-31(28,29)11-4-6-16(30-17(20,21)22)15(8-11)25(26)27/h3-8,14,23H,9H2,1-2H3/t14-/m1/s1. The summed E-state index contributed by atoms with van der Waals surface area (Å²) in [5.41, 5.74) is -0.697. The number of nitro benzene ring substituents is 1. The largest absolute Gasteiger partial charge is 0.573 e. The average molecular weight is 502 g/mol. The number of halogens is 5. The third-order valence-corrected chi connectivity index (χ3v) is 6.06. The van der Waals surface area contributed by atoms with E-state index in [4.69, 9.17) is 23.2 Å². The fraction of sp³-hybridized carbons (Fsp3) is 0.294. The Labute approximate surface area is 185 Å². The van der Waals surface area contributed by atoms with Gasteiger partial charge in [0.05, 0.1) is 25.9 Å². The molecule has 14 heteroatoms. The Balaban J connectivity index is 2.44. The third kappa shape index (κ3) is 6.94. The van der Waals surface area contributed by atoms with Crippen LogP contribution in [0.5, 0.6) is 5.75 Å². The van der Waals surface area contributed by atoms with Gasteiger partial charge in [0.2, 0.25) is 15.8 Å². The van der Waals surface area contributed by atoms with Gasteiger partial charge >= 0.3 is 12.0 Å². The van der Waals surface area contributed by atoms with Gasteiger partial charge in [-0.3, -0.25) is 10.1 Å². The maximum atomic E-state index is 12.8. The summed E-state index contributed by atoms with van der Waals surface area (Å²) >= 11 is 11.9. The molecule has 0 aliphatic rings. The van der Waals surface area contributed by atoms with Crippen LogP contribution in [0.25, 0.3) is 0 Å². The summed E-state index contributed by atoms with van der Waals surface area (Å²) in [7, 11) is -1.01. The summed E-state index contributed by atoms with van der Waals surface area (Å²) in [5, 5.41) is 11.6. The molecule has 2 aromatic carbocycles. The van der Waals surface area contributed by atoms with Crippen LogP contribution in [-0.2, 0) is 10.0 Å². The Kier molecular flexibility index (Phi) is 7.76. The molecular weight excluding hydrogens is 486 g/mol. The van der Waals surface area contributed by atoms with Crippen molar-refractivity contribution >= 4 is 38.9 Å². The van der Waals surface area contributed by atoms with Gasteiger partial charge in [0.15, 0.2) is 0 Å². The minimum Gasteiger partial charge on any atom is -0.398 e. The van der Waals surface area contributed by atoms with Gasteiger partial charge in [-0.1, -0.05) is 29.3 Å². The minimum absolute atomic E-state index is 0.175. The van der Waals surface area contributed by atoms with Gasteiger partial charge < -0.3 is 9.64 Å². The van der Waals surface area contributed by atoms with Crippen LogP contribution in [0.3, 0.4) is 0 Å². The van der Waals surface area contributed by atoms with Crippen molar-refractivity contribution in [2.45, 2.75) is 17.3 Å². The molecule has 0 aromatic heterocycles. The van der Waals surface area contributed by atoms with Crippen LogP contribution in [0.4, 0.5) is 18.9 Å². The van der Waals surface area contributed by atoms with Crippen LogP contribution in [0, 0.1) is 10.1 Å². The van der Waals surface area contributed by atoms with E-state index in [1.165, 1.54) is 12.1 Å². The third-order valence-electron chi connectivity index (χ3n) is 3.85. The van der Waals surface area contributed by atoms with Crippen molar-refractivity contribution < 1.29 is 31.2 Å². The molecule has 1 atom stereocenters. The predicted octanol–water partition coefficient (Wildman–Crippen LogP) is 4.38. The van der Waals surface area contributed by atoms with E-state index < -0.39 is 43.7 Å². The fourth-order valence-corrected chi connectivity index (χ4v) is 4.12. The van der Waals surface area contributed by atoms with Crippen LogP contribution in [0.1, 0.15) is 11.6 Å². The topological polar surface area (TPSA) is 102 Å². The summed E-state index contributed by atoms with van der Waals surface area (Å²) in [5.74, 6) is -1.13. The molecule has 0 aliphatic heterocycles. The second kappa shape index (κ2) is 9.57. The van der Waals surface area contributed by atoms with Crippen molar-refractivity contribution in [3.8, 4) is 5.75 Å². The highest BCUT2D eigenvalue weighted by atomic mass is 35.5. The summed E-state index contributed by atoms with van der Waals surface area (Å²) in [6.45, 7) is 0.175. The Morgan fingerprint density at radius 3 is 2.32 bits per heavy atom. The van der Waals surface area contributed by atoms with Gasteiger partial charge in [-0.15, -0.1) is 13.2 Å². The van der Waals surface area contributed by atoms with Crippen molar-refractivity contribution in [3.05, 3.63) is 62.1 Å². The van der Waals surface area contributed by atoms with Gasteiger partial charge in [0, 0.05) is 12.6 Å². The smallest absolute Gasteiger partial charge is 0.398 e. The van der Waals surface area contributed by atoms with Gasteiger partial charge in [0.25, 0.3) is 0 Å². The zero-order valence-electron chi connectivity index (χ0n) is 16.0. The summed E-state index contributed by atoms with van der Waals surface area (Å²) < 4.78 is 69.1. The van der Waals surface area contributed by atoms with E-state index in [0.717, 1.165) is 6.07 Å². The molecule has 0 spiro atoms. The first kappa shape index (κ1) is 25.1. The zero-order chi connectivity index (χ0) is 23.6. The van der Waals surface area contributed by atoms with Gasteiger partial charge in [-0.05, 0) is 43.9 Å². The quantitative estimate of drug-likeness (QED) is 0.425. The van der Waals surface area contributed by atoms with Crippen LogP contribution < -0.4 is 9.46 Å². The Morgan fingerprint density at radius 2 is 1.81 bits per heavy atom. The molecule has 1 N–H and O–H groups in total. The lowest BCUT2D eigenvalue weighted by molar-refractivity contribution is -0.388. The summed E-state index contributed by atoms with van der Waals surface area (Å²) in [4.78, 5) is 11.0. The van der Waals surface area contributed by atoms with E-state index in [1.54, 1.807) is 25.1 Å². The number of alkyl halides is 3. The highest BCUT2D eigenvalue weighted by molar-refractivity contribution is 7.89. The maximum Gasteiger partial charge on any atom is 0.573 e. The monoisotopic (exact) mass is 501 g/mol. The molecule has 0 unspecified atom stereocenters. The van der Waals surface area contributed by atoms with Gasteiger partial charge in [-0.2, -0.15) is 0 Å². The molecule has 0 fully saturated rings. The second-order valence-electron chi connectivity index (χ2n) is 6.54. The number of benzene rings is 2. The summed E-state index contributed by atoms with van der Waals surface area (Å²) in [6.07, 6.45) is -5.19. The van der Waals surface area contributed by atoms with E-state index in [2.05, 4.69) is 9.46 Å². The normalized spacial score (nSPS) is 13.3. The molecule has 0 bridgehead atoms. The number of rotatable bonds is 8. The molecule has 2 aromatic rings. The lowest BCUT2D eigenvalue weighted by Gasteiger charge is -2.23. The Morgan fingerprint density at radius 1 is 1.16 bits per heavy atom. The van der Waals surface area contributed by atoms with Crippen LogP contribution in [0.2, 0.25) is 10.0 Å². The summed E-state index contributed by atoms with van der Waals surface area (Å²) in [6, 6.07) is 5.48. The molecule has 0 amide bonds. The molecule has 31 heavy (non-hydrogen) atoms. The number of likely N-dealkylation sites (N-methyl/N-ethyl adjacent to an activating group) is 1. The number of nitro groups is 1. The van der Waals surface area contributed by atoms with Crippen molar-refractivity contribution in [3.63, 3.8) is 0 Å². The van der Waals surface area contributed by atoms with Crippen molar-refractivity contribution in [2.75, 3.05) is 20.6 Å². The molecule has 8 nitrogen and oxygen atoms in total. The Hall–Kier alpha value is -2.12. The van der Waals surface area contributed by atoms with Crippen molar-refractivity contribution in [2.24, 2.45) is 0 Å². The highest BCUT2D eigenvalue weighted by Gasteiger charge is 2.35. The maximum absolute atomic E-state index is 12.8. The lowest BCUT2D eigenvalue weighted by Crippen LogP contribution is -2.35. The first-order valence-corrected chi connectivity index (χ1v) is 10.6. The van der Waals surface area contributed by atoms with Gasteiger partial charge in [-0.25, -0.2) is 13.1 Å². The first-order valence-electron chi connectivity index (χ1n) is 8.36. The van der Waals surface area contributed by atoms with E-state index >= 15 is 0 Å². The highest BCUT2D eigenvalue weighted by Crippen LogP contribution is 2.34. The average Bonchev–Trinajstić information content (AvgIpc) is 2.61. The minimum atomic E-state index is -5.19. The zero-order valence-corrected chi connectivity index (χ0v) is 18.3. The molecule has 0 saturated heterocycles. The van der Waals surface area contributed by atoms with Crippen molar-refractivity contribution in [1.29, 1.82) is 0 Å². The number of sulfonamides is 1. The lowest BCUT2D eigenvalue weighted by atomic mass is 10.1. The van der Waals surface area contributed by atoms with Gasteiger partial charge in [0.1, 0.15) is 0 Å². The number of nitrogens with zero attached hydrogens (tertiary/aromatic N) is 2. The van der Waals surface area contributed by atoms with Crippen LogP contribution in [0.15, 0.2) is 41.3 Å². The SMILES string of the molecule is CN(C)C[C@@H](NS(=O)(=O)c1ccc(OC(F)(F)F)c([N+](=O)[O-])c1)c1ccc(Cl)c(Cl)c1. The van der Waals surface area contributed by atoms with E-state index in [9.17, 15) is 31.7 Å². The molecule has 0 saturated carbocycles. The van der Waals surface area contributed by atoms with E-state index in [0.29, 0.717) is 17.7 Å². The first-order chi connectivity index (χ1) is 14.2.